The fourth-order valence-corrected chi connectivity index (χ4v) is 5.73. The Hall–Kier alpha value is -2.89. The number of benzene rings is 1. The van der Waals surface area contributed by atoms with E-state index in [1.54, 1.807) is 0 Å². The SMILES string of the molecule is N#Cc1ccc(N2CCCN(CC(=O)Nc3sc4c(c3C(N)=O)CCCC4)CC2)cc1. The molecular formula is C23H27N5O2S. The summed E-state index contributed by atoms with van der Waals surface area (Å²) in [6, 6.07) is 9.77. The molecule has 0 spiro atoms. The lowest BCUT2D eigenvalue weighted by atomic mass is 9.95. The molecule has 2 aromatic rings. The fourth-order valence-electron chi connectivity index (χ4n) is 4.42. The molecule has 0 saturated carbocycles. The van der Waals surface area contributed by atoms with Crippen LogP contribution < -0.4 is 16.0 Å². The van der Waals surface area contributed by atoms with Crippen molar-refractivity contribution < 1.29 is 9.59 Å². The van der Waals surface area contributed by atoms with Crippen molar-refractivity contribution in [3.8, 4) is 6.07 Å². The second-order valence-corrected chi connectivity index (χ2v) is 9.21. The maximum Gasteiger partial charge on any atom is 0.251 e. The summed E-state index contributed by atoms with van der Waals surface area (Å²) in [6.45, 7) is 3.63. The number of nitrogens with one attached hydrogen (secondary N) is 1. The van der Waals surface area contributed by atoms with Crippen molar-refractivity contribution in [2.24, 2.45) is 5.73 Å². The predicted octanol–water partition coefficient (Wildman–Crippen LogP) is 2.75. The summed E-state index contributed by atoms with van der Waals surface area (Å²) in [6.07, 6.45) is 4.93. The minimum atomic E-state index is -0.456. The normalized spacial score (nSPS) is 16.8. The lowest BCUT2D eigenvalue weighted by Crippen LogP contribution is -2.36. The number of nitriles is 1. The molecule has 2 aliphatic rings. The van der Waals surface area contributed by atoms with Crippen molar-refractivity contribution in [2.75, 3.05) is 42.9 Å². The zero-order chi connectivity index (χ0) is 21.8. The van der Waals surface area contributed by atoms with Crippen LogP contribution >= 0.6 is 11.3 Å². The number of aryl methyl sites for hydroxylation is 1. The standard InChI is InChI=1S/C23H27N5O2S/c24-14-16-6-8-17(9-7-16)28-11-3-10-27(12-13-28)15-20(29)26-23-21(22(25)30)18-4-1-2-5-19(18)31-23/h6-9H,1-5,10-13,15H2,(H2,25,30)(H,26,29). The third kappa shape index (κ3) is 4.89. The van der Waals surface area contributed by atoms with E-state index in [1.165, 1.54) is 16.2 Å². The van der Waals surface area contributed by atoms with Crippen LogP contribution in [0.5, 0.6) is 0 Å². The van der Waals surface area contributed by atoms with E-state index in [2.05, 4.69) is 21.2 Å². The van der Waals surface area contributed by atoms with Crippen LogP contribution in [0.2, 0.25) is 0 Å². The van der Waals surface area contributed by atoms with Crippen LogP contribution in [0.4, 0.5) is 10.7 Å². The zero-order valence-electron chi connectivity index (χ0n) is 17.5. The van der Waals surface area contributed by atoms with Gasteiger partial charge in [-0.15, -0.1) is 11.3 Å². The molecule has 1 fully saturated rings. The van der Waals surface area contributed by atoms with Crippen LogP contribution in [0.3, 0.4) is 0 Å². The molecule has 0 atom stereocenters. The predicted molar refractivity (Wildman–Crippen MR) is 123 cm³/mol. The smallest absolute Gasteiger partial charge is 0.251 e. The van der Waals surface area contributed by atoms with Crippen molar-refractivity contribution in [2.45, 2.75) is 32.1 Å². The van der Waals surface area contributed by atoms with Crippen LogP contribution in [0.25, 0.3) is 0 Å². The quantitative estimate of drug-likeness (QED) is 0.749. The molecule has 1 aliphatic carbocycles. The van der Waals surface area contributed by atoms with Gasteiger partial charge in [0.25, 0.3) is 5.91 Å². The summed E-state index contributed by atoms with van der Waals surface area (Å²) in [7, 11) is 0. The van der Waals surface area contributed by atoms with Gasteiger partial charge >= 0.3 is 0 Å². The number of thiophene rings is 1. The van der Waals surface area contributed by atoms with E-state index >= 15 is 0 Å². The van der Waals surface area contributed by atoms with E-state index in [-0.39, 0.29) is 5.91 Å². The molecule has 1 aromatic heterocycles. The molecule has 1 aromatic carbocycles. The first-order valence-corrected chi connectivity index (χ1v) is 11.6. The first-order valence-electron chi connectivity index (χ1n) is 10.8. The zero-order valence-corrected chi connectivity index (χ0v) is 18.3. The van der Waals surface area contributed by atoms with Gasteiger partial charge in [-0.3, -0.25) is 14.5 Å². The third-order valence-corrected chi connectivity index (χ3v) is 7.20. The van der Waals surface area contributed by atoms with Crippen molar-refractivity contribution >= 4 is 33.8 Å². The average Bonchev–Trinajstić information content (AvgIpc) is 2.97. The number of hydrogen-bond acceptors (Lipinski definition) is 6. The Morgan fingerprint density at radius 3 is 2.58 bits per heavy atom. The van der Waals surface area contributed by atoms with Gasteiger partial charge in [0, 0.05) is 36.7 Å². The Bertz CT molecular complexity index is 1010. The average molecular weight is 438 g/mol. The second-order valence-electron chi connectivity index (χ2n) is 8.10. The molecule has 0 radical (unpaired) electrons. The Morgan fingerprint density at radius 2 is 1.84 bits per heavy atom. The first kappa shape index (κ1) is 21.3. The largest absolute Gasteiger partial charge is 0.370 e. The number of carbonyl (C=O) groups is 2. The summed E-state index contributed by atoms with van der Waals surface area (Å²) < 4.78 is 0. The maximum atomic E-state index is 12.8. The molecule has 0 unspecified atom stereocenters. The Morgan fingerprint density at radius 1 is 1.06 bits per heavy atom. The number of amides is 2. The third-order valence-electron chi connectivity index (χ3n) is 5.99. The minimum absolute atomic E-state index is 0.104. The van der Waals surface area contributed by atoms with Gasteiger partial charge in [0.05, 0.1) is 23.7 Å². The topological polar surface area (TPSA) is 102 Å². The van der Waals surface area contributed by atoms with E-state index in [0.29, 0.717) is 22.7 Å². The van der Waals surface area contributed by atoms with Gasteiger partial charge in [0.1, 0.15) is 5.00 Å². The van der Waals surface area contributed by atoms with Crippen molar-refractivity contribution in [3.05, 3.63) is 45.8 Å². The Labute approximate surface area is 186 Å². The van der Waals surface area contributed by atoms with Crippen molar-refractivity contribution in [3.63, 3.8) is 0 Å². The van der Waals surface area contributed by atoms with E-state index < -0.39 is 5.91 Å². The molecule has 0 bridgehead atoms. The number of primary amides is 1. The lowest BCUT2D eigenvalue weighted by molar-refractivity contribution is -0.117. The molecule has 31 heavy (non-hydrogen) atoms. The summed E-state index contributed by atoms with van der Waals surface area (Å²) >= 11 is 1.50. The Balaban J connectivity index is 1.37. The highest BCUT2D eigenvalue weighted by Gasteiger charge is 2.25. The molecule has 8 heteroatoms. The van der Waals surface area contributed by atoms with E-state index in [9.17, 15) is 9.59 Å². The van der Waals surface area contributed by atoms with Gasteiger partial charge in [-0.25, -0.2) is 0 Å². The molecule has 7 nitrogen and oxygen atoms in total. The summed E-state index contributed by atoms with van der Waals surface area (Å²) in [5.41, 5.74) is 8.93. The lowest BCUT2D eigenvalue weighted by Gasteiger charge is -2.23. The second kappa shape index (κ2) is 9.50. The molecule has 1 aliphatic heterocycles. The highest BCUT2D eigenvalue weighted by molar-refractivity contribution is 7.17. The summed E-state index contributed by atoms with van der Waals surface area (Å²) in [5, 5.41) is 12.5. The van der Waals surface area contributed by atoms with Gasteiger partial charge in [-0.1, -0.05) is 0 Å². The van der Waals surface area contributed by atoms with Crippen molar-refractivity contribution in [1.29, 1.82) is 5.26 Å². The Kier molecular flexibility index (Phi) is 6.54. The summed E-state index contributed by atoms with van der Waals surface area (Å²) in [4.78, 5) is 30.4. The molecule has 2 heterocycles. The number of hydrogen-bond donors (Lipinski definition) is 2. The van der Waals surface area contributed by atoms with Gasteiger partial charge in [0.2, 0.25) is 5.91 Å². The first-order chi connectivity index (χ1) is 15.0. The molecule has 2 amide bonds. The van der Waals surface area contributed by atoms with Crippen molar-refractivity contribution in [1.82, 2.24) is 4.90 Å². The van der Waals surface area contributed by atoms with Gasteiger partial charge < -0.3 is 16.0 Å². The monoisotopic (exact) mass is 437 g/mol. The van der Waals surface area contributed by atoms with Crippen LogP contribution in [-0.2, 0) is 17.6 Å². The van der Waals surface area contributed by atoms with Crippen LogP contribution in [0.15, 0.2) is 24.3 Å². The van der Waals surface area contributed by atoms with Gasteiger partial charge in [-0.05, 0) is 61.9 Å². The minimum Gasteiger partial charge on any atom is -0.370 e. The maximum absolute atomic E-state index is 12.8. The molecule has 4 rings (SSSR count). The number of nitrogens with two attached hydrogens (primary N) is 1. The molecule has 162 valence electrons. The van der Waals surface area contributed by atoms with E-state index in [0.717, 1.165) is 69.5 Å². The highest BCUT2D eigenvalue weighted by atomic mass is 32.1. The molecular weight excluding hydrogens is 410 g/mol. The fraction of sp³-hybridized carbons (Fsp3) is 0.435. The van der Waals surface area contributed by atoms with E-state index in [1.807, 2.05) is 24.3 Å². The van der Waals surface area contributed by atoms with Gasteiger partial charge in [0.15, 0.2) is 0 Å². The highest BCUT2D eigenvalue weighted by Crippen LogP contribution is 2.37. The number of rotatable bonds is 5. The number of carbonyl (C=O) groups excluding carboxylic acids is 2. The molecule has 3 N–H and O–H groups in total. The van der Waals surface area contributed by atoms with E-state index in [4.69, 9.17) is 11.0 Å². The molecule has 1 saturated heterocycles. The van der Waals surface area contributed by atoms with Gasteiger partial charge in [-0.2, -0.15) is 5.26 Å². The number of nitrogens with zero attached hydrogens (tertiary/aromatic N) is 3. The van der Waals surface area contributed by atoms with Crippen LogP contribution in [0.1, 0.15) is 45.6 Å². The summed E-state index contributed by atoms with van der Waals surface area (Å²) in [5.74, 6) is -0.560. The number of anilines is 2. The number of fused-ring (bicyclic) bond motifs is 1. The van der Waals surface area contributed by atoms with Crippen LogP contribution in [-0.4, -0.2) is 49.4 Å². The van der Waals surface area contributed by atoms with Crippen LogP contribution in [0, 0.1) is 11.3 Å².